The van der Waals surface area contributed by atoms with Gasteiger partial charge in [0.15, 0.2) is 5.43 Å². The Labute approximate surface area is 202 Å². The first-order chi connectivity index (χ1) is 17.1. The van der Waals surface area contributed by atoms with E-state index >= 15 is 0 Å². The summed E-state index contributed by atoms with van der Waals surface area (Å²) in [6.45, 7) is 3.96. The van der Waals surface area contributed by atoms with E-state index in [-0.39, 0.29) is 5.43 Å². The Bertz CT molecular complexity index is 1590. The Kier molecular flexibility index (Phi) is 5.30. The zero-order chi connectivity index (χ0) is 23.9. The van der Waals surface area contributed by atoms with E-state index in [0.29, 0.717) is 22.6 Å². The summed E-state index contributed by atoms with van der Waals surface area (Å²) >= 11 is 0. The van der Waals surface area contributed by atoms with Gasteiger partial charge in [-0.25, -0.2) is 9.97 Å². The molecule has 8 heteroatoms. The second-order valence-corrected chi connectivity index (χ2v) is 9.20. The minimum Gasteiger partial charge on any atom is -0.360 e. The number of aromatic amines is 2. The number of pyridine rings is 2. The van der Waals surface area contributed by atoms with Crippen LogP contribution in [0.2, 0.25) is 0 Å². The highest BCUT2D eigenvalue weighted by Crippen LogP contribution is 2.30. The molecule has 0 amide bonds. The number of fused-ring (bicyclic) bond motifs is 1. The van der Waals surface area contributed by atoms with Gasteiger partial charge >= 0.3 is 0 Å². The Morgan fingerprint density at radius 3 is 2.71 bits per heavy atom. The number of hydrogen-bond donors (Lipinski definition) is 3. The van der Waals surface area contributed by atoms with Crippen molar-refractivity contribution in [3.63, 3.8) is 0 Å². The van der Waals surface area contributed by atoms with E-state index in [9.17, 15) is 4.79 Å². The van der Waals surface area contributed by atoms with Crippen molar-refractivity contribution in [2.24, 2.45) is 7.05 Å². The lowest BCUT2D eigenvalue weighted by atomic mass is 9.97. The van der Waals surface area contributed by atoms with Crippen molar-refractivity contribution in [1.29, 1.82) is 0 Å². The Morgan fingerprint density at radius 2 is 1.89 bits per heavy atom. The molecular weight excluding hydrogens is 438 g/mol. The normalized spacial score (nSPS) is 14.6. The molecule has 1 aliphatic heterocycles. The van der Waals surface area contributed by atoms with E-state index in [1.165, 1.54) is 0 Å². The maximum absolute atomic E-state index is 13.6. The lowest BCUT2D eigenvalue weighted by molar-refractivity contribution is 0.437. The van der Waals surface area contributed by atoms with Crippen LogP contribution in [-0.2, 0) is 7.05 Å². The van der Waals surface area contributed by atoms with Crippen molar-refractivity contribution in [3.8, 4) is 33.9 Å². The Balaban J connectivity index is 1.42. The molecular formula is C27H27N7O. The molecule has 0 unspecified atom stereocenters. The molecule has 6 rings (SSSR count). The van der Waals surface area contributed by atoms with Gasteiger partial charge in [-0.15, -0.1) is 0 Å². The number of nitrogens with zero attached hydrogens (tertiary/aromatic N) is 4. The van der Waals surface area contributed by atoms with Gasteiger partial charge in [0, 0.05) is 47.5 Å². The molecule has 4 aromatic heterocycles. The Morgan fingerprint density at radius 1 is 1.03 bits per heavy atom. The number of aryl methyl sites for hydroxylation is 2. The molecule has 5 heterocycles. The number of piperidine rings is 1. The van der Waals surface area contributed by atoms with Gasteiger partial charge in [-0.05, 0) is 57.1 Å². The summed E-state index contributed by atoms with van der Waals surface area (Å²) < 4.78 is 2.07. The van der Waals surface area contributed by atoms with E-state index in [2.05, 4.69) is 29.8 Å². The lowest BCUT2D eigenvalue weighted by Crippen LogP contribution is -2.27. The van der Waals surface area contributed by atoms with Gasteiger partial charge < -0.3 is 19.9 Å². The lowest BCUT2D eigenvalue weighted by Gasteiger charge is -2.21. The topological polar surface area (TPSA) is 104 Å². The quantitative estimate of drug-likeness (QED) is 0.370. The first kappa shape index (κ1) is 21.5. The number of hydrogen-bond acceptors (Lipinski definition) is 5. The van der Waals surface area contributed by atoms with Crippen molar-refractivity contribution in [2.75, 3.05) is 13.1 Å². The van der Waals surface area contributed by atoms with Gasteiger partial charge in [0.2, 0.25) is 0 Å². The smallest absolute Gasteiger partial charge is 0.198 e. The van der Waals surface area contributed by atoms with Gasteiger partial charge in [-0.1, -0.05) is 12.1 Å². The van der Waals surface area contributed by atoms with E-state index in [4.69, 9.17) is 4.98 Å². The minimum atomic E-state index is -0.0404. The van der Waals surface area contributed by atoms with Crippen LogP contribution >= 0.6 is 0 Å². The van der Waals surface area contributed by atoms with Crippen LogP contribution in [0.5, 0.6) is 0 Å². The van der Waals surface area contributed by atoms with Gasteiger partial charge in [0.1, 0.15) is 5.82 Å². The summed E-state index contributed by atoms with van der Waals surface area (Å²) in [5.74, 6) is 1.45. The maximum atomic E-state index is 13.6. The fraction of sp³-hybridized carbons (Fsp3) is 0.259. The maximum Gasteiger partial charge on any atom is 0.198 e. The van der Waals surface area contributed by atoms with Crippen LogP contribution in [-0.4, -0.2) is 42.6 Å². The highest BCUT2D eigenvalue weighted by Gasteiger charge is 2.22. The monoisotopic (exact) mass is 465 g/mol. The summed E-state index contributed by atoms with van der Waals surface area (Å²) in [5, 5.41) is 4.01. The first-order valence-corrected chi connectivity index (χ1v) is 12.0. The van der Waals surface area contributed by atoms with Gasteiger partial charge in [0.25, 0.3) is 0 Å². The molecule has 0 aliphatic carbocycles. The summed E-state index contributed by atoms with van der Waals surface area (Å²) in [5.41, 5.74) is 6.23. The molecule has 176 valence electrons. The van der Waals surface area contributed by atoms with Crippen molar-refractivity contribution in [2.45, 2.75) is 25.7 Å². The van der Waals surface area contributed by atoms with Crippen LogP contribution in [0.4, 0.5) is 0 Å². The number of rotatable bonds is 4. The standard InChI is InChI=1S/C27H27N7O/c1-16-4-3-5-22(32-16)25-24(30-15-31-25)18-6-7-21-19(12-18)26(35)20(13-29-21)23-14-34(2)27(33-23)17-8-10-28-11-9-17/h3-7,12-15,17,28H,8-11H2,1-2H3,(H,29,35)(H,30,31). The van der Waals surface area contributed by atoms with Crippen molar-refractivity contribution < 1.29 is 0 Å². The zero-order valence-electron chi connectivity index (χ0n) is 19.8. The molecule has 0 radical (unpaired) electrons. The summed E-state index contributed by atoms with van der Waals surface area (Å²) in [6, 6.07) is 11.7. The van der Waals surface area contributed by atoms with Crippen molar-refractivity contribution in [1.82, 2.24) is 34.8 Å². The molecule has 1 aromatic carbocycles. The van der Waals surface area contributed by atoms with Gasteiger partial charge in [0.05, 0.1) is 34.7 Å². The summed E-state index contributed by atoms with van der Waals surface area (Å²) in [4.78, 5) is 34.2. The molecule has 8 nitrogen and oxygen atoms in total. The molecule has 3 N–H and O–H groups in total. The molecule has 0 spiro atoms. The Hall–Kier alpha value is -4.04. The average molecular weight is 466 g/mol. The van der Waals surface area contributed by atoms with Crippen LogP contribution in [0.15, 0.2) is 59.9 Å². The van der Waals surface area contributed by atoms with Crippen LogP contribution in [0.1, 0.15) is 30.3 Å². The number of H-pyrrole nitrogens is 2. The van der Waals surface area contributed by atoms with Crippen LogP contribution in [0.3, 0.4) is 0 Å². The summed E-state index contributed by atoms with van der Waals surface area (Å²) in [7, 11) is 2.01. The van der Waals surface area contributed by atoms with Gasteiger partial charge in [-0.3, -0.25) is 9.78 Å². The highest BCUT2D eigenvalue weighted by atomic mass is 16.1. The summed E-state index contributed by atoms with van der Waals surface area (Å²) in [6.07, 6.45) is 7.52. The third-order valence-corrected chi connectivity index (χ3v) is 6.83. The average Bonchev–Trinajstić information content (AvgIpc) is 3.52. The number of imidazole rings is 2. The van der Waals surface area contributed by atoms with Crippen LogP contribution in [0.25, 0.3) is 44.8 Å². The van der Waals surface area contributed by atoms with Crippen LogP contribution < -0.4 is 10.7 Å². The SMILES string of the molecule is Cc1cccc(-c2[nH]cnc2-c2ccc3[nH]cc(-c4cn(C)c(C5CCNCC5)n4)c(=O)c3c2)n1. The molecule has 0 saturated carbocycles. The fourth-order valence-corrected chi connectivity index (χ4v) is 5.02. The van der Waals surface area contributed by atoms with E-state index in [1.807, 2.05) is 56.6 Å². The van der Waals surface area contributed by atoms with E-state index in [1.54, 1.807) is 12.5 Å². The third-order valence-electron chi connectivity index (χ3n) is 6.83. The van der Waals surface area contributed by atoms with Crippen LogP contribution in [0, 0.1) is 6.92 Å². The number of benzene rings is 1. The fourth-order valence-electron chi connectivity index (χ4n) is 5.02. The first-order valence-electron chi connectivity index (χ1n) is 12.0. The third kappa shape index (κ3) is 3.85. The highest BCUT2D eigenvalue weighted by molar-refractivity contribution is 5.88. The molecule has 0 bridgehead atoms. The zero-order valence-corrected chi connectivity index (χ0v) is 19.8. The largest absolute Gasteiger partial charge is 0.360 e. The second-order valence-electron chi connectivity index (χ2n) is 9.20. The minimum absolute atomic E-state index is 0.0404. The number of nitrogens with one attached hydrogen (secondary N) is 3. The second kappa shape index (κ2) is 8.63. The van der Waals surface area contributed by atoms with Crippen molar-refractivity contribution >= 4 is 10.9 Å². The molecule has 1 saturated heterocycles. The predicted octanol–water partition coefficient (Wildman–Crippen LogP) is 4.16. The molecule has 0 atom stereocenters. The van der Waals surface area contributed by atoms with Gasteiger partial charge in [-0.2, -0.15) is 0 Å². The molecule has 1 aliphatic rings. The molecule has 35 heavy (non-hydrogen) atoms. The predicted molar refractivity (Wildman–Crippen MR) is 137 cm³/mol. The van der Waals surface area contributed by atoms with E-state index in [0.717, 1.165) is 65.6 Å². The molecule has 5 aromatic rings. The van der Waals surface area contributed by atoms with Crippen molar-refractivity contribution in [3.05, 3.63) is 76.9 Å². The molecule has 1 fully saturated rings. The van der Waals surface area contributed by atoms with E-state index < -0.39 is 0 Å². The number of aromatic nitrogens is 6.